The van der Waals surface area contributed by atoms with E-state index in [1.165, 1.54) is 4.57 Å². The highest BCUT2D eigenvalue weighted by atomic mass is 16.6. The Kier molecular flexibility index (Phi) is 15.2. The van der Waals surface area contributed by atoms with E-state index in [4.69, 9.17) is 19.2 Å². The van der Waals surface area contributed by atoms with Crippen LogP contribution >= 0.6 is 0 Å². The second-order valence-corrected chi connectivity index (χ2v) is 16.9. The molecule has 1 aliphatic rings. The van der Waals surface area contributed by atoms with Crippen molar-refractivity contribution in [3.63, 3.8) is 0 Å². The van der Waals surface area contributed by atoms with Crippen molar-refractivity contribution in [2.75, 3.05) is 71.0 Å². The number of benzene rings is 3. The second kappa shape index (κ2) is 20.1. The van der Waals surface area contributed by atoms with E-state index in [0.29, 0.717) is 80.7 Å². The van der Waals surface area contributed by atoms with Gasteiger partial charge in [0.15, 0.2) is 0 Å². The highest BCUT2D eigenvalue weighted by Crippen LogP contribution is 2.28. The molecule has 2 heterocycles. The van der Waals surface area contributed by atoms with Crippen LogP contribution in [0, 0.1) is 6.92 Å². The van der Waals surface area contributed by atoms with Crippen LogP contribution in [0.1, 0.15) is 84.6 Å². The average Bonchev–Trinajstić information content (AvgIpc) is 3.19. The maximum atomic E-state index is 13.4. The van der Waals surface area contributed by atoms with Gasteiger partial charge in [0.1, 0.15) is 11.3 Å². The summed E-state index contributed by atoms with van der Waals surface area (Å²) in [5.74, 6) is -0.222. The normalized spacial score (nSPS) is 13.6. The van der Waals surface area contributed by atoms with Crippen molar-refractivity contribution >= 4 is 23.6 Å². The third-order valence-corrected chi connectivity index (χ3v) is 10.1. The maximum Gasteiger partial charge on any atom is 0.407 e. The molecular weight excluding hydrogens is 749 g/mol. The first kappa shape index (κ1) is 44.7. The predicted molar refractivity (Wildman–Crippen MR) is 230 cm³/mol. The summed E-state index contributed by atoms with van der Waals surface area (Å²) in [6.07, 6.45) is 1.55. The number of anilines is 1. The Labute approximate surface area is 348 Å². The van der Waals surface area contributed by atoms with Crippen molar-refractivity contribution in [2.45, 2.75) is 65.9 Å². The molecule has 13 nitrogen and oxygen atoms in total. The summed E-state index contributed by atoms with van der Waals surface area (Å²) in [4.78, 5) is 60.5. The first-order valence-electron chi connectivity index (χ1n) is 20.3. The Balaban J connectivity index is 1.08. The van der Waals surface area contributed by atoms with Gasteiger partial charge in [0.25, 0.3) is 17.4 Å². The summed E-state index contributed by atoms with van der Waals surface area (Å²) < 4.78 is 18.0. The van der Waals surface area contributed by atoms with Crippen molar-refractivity contribution in [3.05, 3.63) is 117 Å². The van der Waals surface area contributed by atoms with Crippen LogP contribution in [0.5, 0.6) is 0 Å². The number of nitrogens with zero attached hydrogens (tertiary/aromatic N) is 4. The first-order valence-corrected chi connectivity index (χ1v) is 20.3. The van der Waals surface area contributed by atoms with Gasteiger partial charge in [-0.05, 0) is 80.1 Å². The number of ether oxygens (including phenoxy) is 3. The zero-order valence-electron chi connectivity index (χ0n) is 35.9. The minimum Gasteiger partial charge on any atom is -0.444 e. The Bertz CT molecular complexity index is 2110. The summed E-state index contributed by atoms with van der Waals surface area (Å²) in [7, 11) is 1.71. The van der Waals surface area contributed by atoms with E-state index in [9.17, 15) is 19.2 Å². The lowest BCUT2D eigenvalue weighted by molar-refractivity contribution is 0.0288. The molecule has 4 aromatic rings. The molecule has 0 spiro atoms. The number of amides is 3. The molecule has 59 heavy (non-hydrogen) atoms. The van der Waals surface area contributed by atoms with E-state index in [-0.39, 0.29) is 22.8 Å². The van der Waals surface area contributed by atoms with Crippen LogP contribution in [0.4, 0.5) is 10.5 Å². The van der Waals surface area contributed by atoms with E-state index >= 15 is 0 Å². The first-order chi connectivity index (χ1) is 28.0. The fourth-order valence-corrected chi connectivity index (χ4v) is 6.65. The second-order valence-electron chi connectivity index (χ2n) is 16.9. The molecule has 1 saturated heterocycles. The fourth-order valence-electron chi connectivity index (χ4n) is 6.65. The number of hydrogen-bond acceptors (Lipinski definition) is 9. The lowest BCUT2D eigenvalue weighted by atomic mass is 9.86. The molecule has 0 bridgehead atoms. The highest BCUT2D eigenvalue weighted by molar-refractivity contribution is 6.05. The minimum atomic E-state index is -0.534. The molecule has 0 aliphatic carbocycles. The number of aromatic nitrogens is 2. The molecule has 1 fully saturated rings. The predicted octanol–water partition coefficient (Wildman–Crippen LogP) is 6.21. The third-order valence-electron chi connectivity index (χ3n) is 10.1. The van der Waals surface area contributed by atoms with Gasteiger partial charge >= 0.3 is 6.09 Å². The van der Waals surface area contributed by atoms with Gasteiger partial charge in [-0.2, -0.15) is 0 Å². The SMILES string of the molecule is Cc1c(NC(=O)c2ccc(C(C)(C)C)cc2)cccc1-c1cn(C)c(=O)c(Cc2ccc(C(=O)N3CCN(CCOCCOCCNC(=O)OC(C)(C)C)CC3)cc2)n1. The van der Waals surface area contributed by atoms with Crippen molar-refractivity contribution in [1.29, 1.82) is 0 Å². The van der Waals surface area contributed by atoms with E-state index in [2.05, 4.69) is 36.3 Å². The molecule has 3 amide bonds. The van der Waals surface area contributed by atoms with Crippen LogP contribution in [0.25, 0.3) is 11.3 Å². The largest absolute Gasteiger partial charge is 0.444 e. The summed E-state index contributed by atoms with van der Waals surface area (Å²) >= 11 is 0. The number of carbonyl (C=O) groups is 3. The van der Waals surface area contributed by atoms with Crippen LogP contribution in [0.3, 0.4) is 0 Å². The van der Waals surface area contributed by atoms with Crippen LogP contribution in [0.15, 0.2) is 77.7 Å². The Hall–Kier alpha value is -5.37. The van der Waals surface area contributed by atoms with E-state index in [0.717, 1.165) is 41.9 Å². The molecule has 1 aliphatic heterocycles. The van der Waals surface area contributed by atoms with Crippen LogP contribution < -0.4 is 16.2 Å². The topological polar surface area (TPSA) is 144 Å². The number of aryl methyl sites for hydroxylation is 1. The van der Waals surface area contributed by atoms with E-state index in [1.807, 2.05) is 99.3 Å². The maximum absolute atomic E-state index is 13.4. The Morgan fingerprint density at radius 1 is 0.797 bits per heavy atom. The number of piperazine rings is 1. The summed E-state index contributed by atoms with van der Waals surface area (Å²) in [5.41, 5.74) is 5.78. The molecule has 1 aromatic heterocycles. The molecule has 0 unspecified atom stereocenters. The molecule has 316 valence electrons. The van der Waals surface area contributed by atoms with Crippen LogP contribution in [0.2, 0.25) is 0 Å². The molecule has 13 heteroatoms. The highest BCUT2D eigenvalue weighted by Gasteiger charge is 2.23. The lowest BCUT2D eigenvalue weighted by Gasteiger charge is -2.34. The van der Waals surface area contributed by atoms with Gasteiger partial charge in [0.05, 0.1) is 32.1 Å². The van der Waals surface area contributed by atoms with Gasteiger partial charge in [-0.3, -0.25) is 19.3 Å². The zero-order chi connectivity index (χ0) is 42.7. The molecule has 3 aromatic carbocycles. The quantitative estimate of drug-likeness (QED) is 0.134. The molecular formula is C46H60N6O7. The number of carbonyl (C=O) groups excluding carboxylic acids is 3. The van der Waals surface area contributed by atoms with Gasteiger partial charge in [-0.1, -0.05) is 57.2 Å². The standard InChI is InChI=1S/C46H60N6O7/c1-32-37(10-9-11-38(32)49-41(53)34-16-18-36(19-17-34)45(2,3)4)40-31-50(8)43(55)39(48-40)30-33-12-14-35(15-13-33)42(54)52-23-21-51(22-24-52)25-27-58-29-28-57-26-20-47-44(56)59-46(5,6)7/h9-19,31H,20-30H2,1-8H3,(H,47,56)(H,49,53). The van der Waals surface area contributed by atoms with Gasteiger partial charge in [-0.15, -0.1) is 0 Å². The van der Waals surface area contributed by atoms with Crippen molar-refractivity contribution in [2.24, 2.45) is 7.05 Å². The van der Waals surface area contributed by atoms with Crippen molar-refractivity contribution in [3.8, 4) is 11.3 Å². The van der Waals surface area contributed by atoms with E-state index in [1.54, 1.807) is 13.2 Å². The van der Waals surface area contributed by atoms with Gasteiger partial charge in [-0.25, -0.2) is 9.78 Å². The average molecular weight is 809 g/mol. The number of hydrogen-bond donors (Lipinski definition) is 2. The van der Waals surface area contributed by atoms with E-state index < -0.39 is 11.7 Å². The van der Waals surface area contributed by atoms with Gasteiger partial charge < -0.3 is 34.3 Å². The number of nitrogens with one attached hydrogen (secondary N) is 2. The summed E-state index contributed by atoms with van der Waals surface area (Å²) in [6.45, 7) is 19.5. The summed E-state index contributed by atoms with van der Waals surface area (Å²) in [5, 5.41) is 5.71. The lowest BCUT2D eigenvalue weighted by Crippen LogP contribution is -2.49. The fraction of sp³-hybridized carbons (Fsp3) is 0.457. The molecule has 2 N–H and O–H groups in total. The van der Waals surface area contributed by atoms with Crippen LogP contribution in [-0.2, 0) is 33.1 Å². The molecule has 0 saturated carbocycles. The van der Waals surface area contributed by atoms with Crippen molar-refractivity contribution < 1.29 is 28.6 Å². The molecule has 0 atom stereocenters. The monoisotopic (exact) mass is 808 g/mol. The minimum absolute atomic E-state index is 0.00843. The summed E-state index contributed by atoms with van der Waals surface area (Å²) in [6, 6.07) is 20.7. The Morgan fingerprint density at radius 3 is 2.08 bits per heavy atom. The van der Waals surface area contributed by atoms with Crippen LogP contribution in [-0.4, -0.2) is 109 Å². The third kappa shape index (κ3) is 13.1. The van der Waals surface area contributed by atoms with Gasteiger partial charge in [0, 0.05) is 81.3 Å². The zero-order valence-corrected chi connectivity index (χ0v) is 35.9. The number of rotatable bonds is 15. The molecule has 0 radical (unpaired) electrons. The molecule has 5 rings (SSSR count). The van der Waals surface area contributed by atoms with Crippen molar-refractivity contribution in [1.82, 2.24) is 24.7 Å². The Morgan fingerprint density at radius 2 is 1.44 bits per heavy atom. The number of alkyl carbamates (subject to hydrolysis) is 1. The smallest absolute Gasteiger partial charge is 0.407 e. The van der Waals surface area contributed by atoms with Gasteiger partial charge in [0.2, 0.25) is 0 Å².